The van der Waals surface area contributed by atoms with E-state index in [-0.39, 0.29) is 0 Å². The molecule has 2 nitrogen and oxygen atoms in total. The summed E-state index contributed by atoms with van der Waals surface area (Å²) >= 11 is 0. The fourth-order valence-electron chi connectivity index (χ4n) is 2.15. The maximum absolute atomic E-state index is 10.9. The molecule has 0 amide bonds. The lowest BCUT2D eigenvalue weighted by Gasteiger charge is -2.11. The zero-order chi connectivity index (χ0) is 12.4. The second kappa shape index (κ2) is 4.58. The molecular weight excluding hydrogens is 210 g/mol. The van der Waals surface area contributed by atoms with Crippen LogP contribution in [0.1, 0.15) is 32.9 Å². The van der Waals surface area contributed by atoms with Crippen molar-refractivity contribution < 1.29 is 4.79 Å². The van der Waals surface area contributed by atoms with E-state index in [0.717, 1.165) is 29.8 Å². The van der Waals surface area contributed by atoms with Crippen molar-refractivity contribution in [1.29, 1.82) is 0 Å². The van der Waals surface area contributed by atoms with Gasteiger partial charge < -0.3 is 4.57 Å². The topological polar surface area (TPSA) is 22.0 Å². The van der Waals surface area contributed by atoms with Gasteiger partial charge in [0.05, 0.1) is 0 Å². The van der Waals surface area contributed by atoms with Gasteiger partial charge in [0.1, 0.15) is 0 Å². The summed E-state index contributed by atoms with van der Waals surface area (Å²) in [5, 5.41) is 0. The Morgan fingerprint density at radius 2 is 1.88 bits per heavy atom. The molecule has 1 aromatic carbocycles. The van der Waals surface area contributed by atoms with Gasteiger partial charge >= 0.3 is 0 Å². The number of aldehydes is 1. The first kappa shape index (κ1) is 11.6. The van der Waals surface area contributed by atoms with E-state index >= 15 is 0 Å². The van der Waals surface area contributed by atoms with Crippen LogP contribution in [0.2, 0.25) is 0 Å². The molecule has 0 aliphatic carbocycles. The maximum Gasteiger partial charge on any atom is 0.151 e. The predicted molar refractivity (Wildman–Crippen MR) is 69.6 cm³/mol. The number of nitrogens with zero attached hydrogens (tertiary/aromatic N) is 1. The minimum Gasteiger partial charge on any atom is -0.344 e. The van der Waals surface area contributed by atoms with Gasteiger partial charge in [0.15, 0.2) is 6.29 Å². The standard InChI is InChI=1S/C15H17NO/c1-11-6-4-5-7-14(11)9-16-12(2)8-15(10-17)13(16)3/h4-8,10H,9H2,1-3H3. The van der Waals surface area contributed by atoms with Gasteiger partial charge in [-0.15, -0.1) is 0 Å². The van der Waals surface area contributed by atoms with Gasteiger partial charge in [0.2, 0.25) is 0 Å². The SMILES string of the molecule is Cc1ccccc1Cn1c(C)cc(C=O)c1C. The highest BCUT2D eigenvalue weighted by Gasteiger charge is 2.09. The molecule has 0 saturated heterocycles. The molecule has 1 heterocycles. The zero-order valence-corrected chi connectivity index (χ0v) is 10.5. The molecule has 2 heteroatoms. The van der Waals surface area contributed by atoms with E-state index in [1.165, 1.54) is 11.1 Å². The highest BCUT2D eigenvalue weighted by molar-refractivity contribution is 5.77. The summed E-state index contributed by atoms with van der Waals surface area (Å²) in [4.78, 5) is 10.9. The van der Waals surface area contributed by atoms with Crippen LogP contribution in [0.15, 0.2) is 30.3 Å². The van der Waals surface area contributed by atoms with Gasteiger partial charge in [-0.3, -0.25) is 4.79 Å². The number of hydrogen-bond acceptors (Lipinski definition) is 1. The number of aromatic nitrogens is 1. The molecule has 0 unspecified atom stereocenters. The summed E-state index contributed by atoms with van der Waals surface area (Å²) in [6.07, 6.45) is 0.927. The van der Waals surface area contributed by atoms with Gasteiger partial charge in [0.25, 0.3) is 0 Å². The van der Waals surface area contributed by atoms with Gasteiger partial charge in [-0.2, -0.15) is 0 Å². The average Bonchev–Trinajstić information content (AvgIpc) is 2.59. The molecule has 0 saturated carbocycles. The number of benzene rings is 1. The summed E-state index contributed by atoms with van der Waals surface area (Å²) in [5.41, 5.74) is 5.55. The van der Waals surface area contributed by atoms with E-state index in [9.17, 15) is 4.79 Å². The second-order valence-corrected chi connectivity index (χ2v) is 4.46. The van der Waals surface area contributed by atoms with Crippen molar-refractivity contribution in [2.75, 3.05) is 0 Å². The second-order valence-electron chi connectivity index (χ2n) is 4.46. The number of carbonyl (C=O) groups is 1. The summed E-state index contributed by atoms with van der Waals surface area (Å²) in [7, 11) is 0. The van der Waals surface area contributed by atoms with E-state index in [1.54, 1.807) is 0 Å². The first-order valence-electron chi connectivity index (χ1n) is 5.80. The van der Waals surface area contributed by atoms with Gasteiger partial charge in [-0.25, -0.2) is 0 Å². The molecular formula is C15H17NO. The van der Waals surface area contributed by atoms with Crippen LogP contribution in [0.4, 0.5) is 0 Å². The first-order chi connectivity index (χ1) is 8.13. The highest BCUT2D eigenvalue weighted by Crippen LogP contribution is 2.17. The van der Waals surface area contributed by atoms with Gasteiger partial charge in [-0.05, 0) is 38.0 Å². The Kier molecular flexibility index (Phi) is 3.14. The third-order valence-corrected chi connectivity index (χ3v) is 3.33. The van der Waals surface area contributed by atoms with E-state index in [0.29, 0.717) is 0 Å². The molecule has 0 N–H and O–H groups in total. The van der Waals surface area contributed by atoms with Crippen LogP contribution in [0.25, 0.3) is 0 Å². The largest absolute Gasteiger partial charge is 0.344 e. The number of rotatable bonds is 3. The highest BCUT2D eigenvalue weighted by atomic mass is 16.1. The zero-order valence-electron chi connectivity index (χ0n) is 10.5. The van der Waals surface area contributed by atoms with Crippen molar-refractivity contribution in [3.05, 3.63) is 58.4 Å². The number of hydrogen-bond donors (Lipinski definition) is 0. The fraction of sp³-hybridized carbons (Fsp3) is 0.267. The molecule has 17 heavy (non-hydrogen) atoms. The molecule has 0 atom stereocenters. The summed E-state index contributed by atoms with van der Waals surface area (Å²) < 4.78 is 2.19. The molecule has 2 rings (SSSR count). The quantitative estimate of drug-likeness (QED) is 0.738. The van der Waals surface area contributed by atoms with E-state index < -0.39 is 0 Å². The lowest BCUT2D eigenvalue weighted by Crippen LogP contribution is -2.05. The number of carbonyl (C=O) groups excluding carboxylic acids is 1. The third-order valence-electron chi connectivity index (χ3n) is 3.33. The Balaban J connectivity index is 2.40. The van der Waals surface area contributed by atoms with Crippen LogP contribution in [-0.2, 0) is 6.54 Å². The monoisotopic (exact) mass is 227 g/mol. The lowest BCUT2D eigenvalue weighted by molar-refractivity contribution is 0.112. The molecule has 0 aliphatic rings. The molecule has 0 radical (unpaired) electrons. The van der Waals surface area contributed by atoms with Gasteiger partial charge in [-0.1, -0.05) is 24.3 Å². The van der Waals surface area contributed by atoms with E-state index in [2.05, 4.69) is 29.7 Å². The Bertz CT molecular complexity index is 552. The van der Waals surface area contributed by atoms with Crippen LogP contribution >= 0.6 is 0 Å². The molecule has 0 spiro atoms. The molecule has 0 bridgehead atoms. The molecule has 1 aromatic heterocycles. The van der Waals surface area contributed by atoms with Crippen molar-refractivity contribution in [1.82, 2.24) is 4.57 Å². The Labute approximate surface area is 102 Å². The Morgan fingerprint density at radius 1 is 1.18 bits per heavy atom. The normalized spacial score (nSPS) is 10.5. The summed E-state index contributed by atoms with van der Waals surface area (Å²) in [6, 6.07) is 10.3. The first-order valence-corrected chi connectivity index (χ1v) is 5.80. The minimum absolute atomic E-state index is 0.788. The van der Waals surface area contributed by atoms with Gasteiger partial charge in [0, 0.05) is 23.5 Å². The van der Waals surface area contributed by atoms with Crippen LogP contribution in [-0.4, -0.2) is 10.9 Å². The molecule has 0 aliphatic heterocycles. The summed E-state index contributed by atoms with van der Waals surface area (Å²) in [5.74, 6) is 0. The van der Waals surface area contributed by atoms with E-state index in [4.69, 9.17) is 0 Å². The van der Waals surface area contributed by atoms with Crippen molar-refractivity contribution >= 4 is 6.29 Å². The minimum atomic E-state index is 0.788. The molecule has 88 valence electrons. The van der Waals surface area contributed by atoms with Crippen LogP contribution in [0, 0.1) is 20.8 Å². The van der Waals surface area contributed by atoms with Crippen molar-refractivity contribution in [3.8, 4) is 0 Å². The Hall–Kier alpha value is -1.83. The van der Waals surface area contributed by atoms with Crippen molar-refractivity contribution in [3.63, 3.8) is 0 Å². The average molecular weight is 227 g/mol. The lowest BCUT2D eigenvalue weighted by atomic mass is 10.1. The Morgan fingerprint density at radius 3 is 2.47 bits per heavy atom. The van der Waals surface area contributed by atoms with Crippen molar-refractivity contribution in [2.24, 2.45) is 0 Å². The van der Waals surface area contributed by atoms with E-state index in [1.807, 2.05) is 26.0 Å². The van der Waals surface area contributed by atoms with Crippen LogP contribution in [0.5, 0.6) is 0 Å². The third kappa shape index (κ3) is 2.16. The van der Waals surface area contributed by atoms with Crippen molar-refractivity contribution in [2.45, 2.75) is 27.3 Å². The molecule has 2 aromatic rings. The smallest absolute Gasteiger partial charge is 0.151 e. The van der Waals surface area contributed by atoms with Crippen LogP contribution < -0.4 is 0 Å². The number of aryl methyl sites for hydroxylation is 2. The summed E-state index contributed by atoms with van der Waals surface area (Å²) in [6.45, 7) is 6.98. The fourth-order valence-corrected chi connectivity index (χ4v) is 2.15. The molecule has 0 fully saturated rings. The van der Waals surface area contributed by atoms with Crippen LogP contribution in [0.3, 0.4) is 0 Å². The maximum atomic E-state index is 10.9. The predicted octanol–water partition coefficient (Wildman–Crippen LogP) is 3.27.